The molecule has 0 aliphatic heterocycles. The standard InChI is InChI=1S/C12H22N2O2/c1-9(15)14(10-5-6-10)8-7-11(16)13-12(2,3)4/h10H,5-8H2,1-4H3,(H,13,16). The van der Waals surface area contributed by atoms with Crippen LogP contribution in [0, 0.1) is 0 Å². The smallest absolute Gasteiger partial charge is 0.222 e. The lowest BCUT2D eigenvalue weighted by Crippen LogP contribution is -2.42. The topological polar surface area (TPSA) is 49.4 Å². The number of amides is 2. The van der Waals surface area contributed by atoms with E-state index in [9.17, 15) is 9.59 Å². The van der Waals surface area contributed by atoms with Gasteiger partial charge in [-0.3, -0.25) is 9.59 Å². The van der Waals surface area contributed by atoms with Crippen LogP contribution in [-0.2, 0) is 9.59 Å². The molecule has 1 fully saturated rings. The molecule has 0 bridgehead atoms. The highest BCUT2D eigenvalue weighted by Gasteiger charge is 2.30. The first-order chi connectivity index (χ1) is 7.29. The number of rotatable bonds is 4. The number of carbonyl (C=O) groups excluding carboxylic acids is 2. The van der Waals surface area contributed by atoms with Crippen molar-refractivity contribution in [2.24, 2.45) is 0 Å². The van der Waals surface area contributed by atoms with Crippen molar-refractivity contribution < 1.29 is 9.59 Å². The molecule has 0 aromatic heterocycles. The van der Waals surface area contributed by atoms with Crippen LogP contribution in [0.4, 0.5) is 0 Å². The van der Waals surface area contributed by atoms with Crippen molar-refractivity contribution in [3.63, 3.8) is 0 Å². The largest absolute Gasteiger partial charge is 0.351 e. The van der Waals surface area contributed by atoms with Crippen molar-refractivity contribution in [3.8, 4) is 0 Å². The van der Waals surface area contributed by atoms with Crippen molar-refractivity contribution in [2.45, 2.75) is 58.5 Å². The molecule has 0 heterocycles. The molecule has 0 aromatic carbocycles. The maximum atomic E-state index is 11.6. The van der Waals surface area contributed by atoms with E-state index in [4.69, 9.17) is 0 Å². The van der Waals surface area contributed by atoms with Crippen molar-refractivity contribution in [1.29, 1.82) is 0 Å². The summed E-state index contributed by atoms with van der Waals surface area (Å²) in [4.78, 5) is 24.7. The molecule has 1 aliphatic carbocycles. The fourth-order valence-electron chi connectivity index (χ4n) is 1.69. The average Bonchev–Trinajstić information content (AvgIpc) is 2.83. The van der Waals surface area contributed by atoms with Gasteiger partial charge in [-0.2, -0.15) is 0 Å². The molecular weight excluding hydrogens is 204 g/mol. The molecule has 0 saturated heterocycles. The molecule has 2 amide bonds. The van der Waals surface area contributed by atoms with Gasteiger partial charge in [0.05, 0.1) is 0 Å². The zero-order chi connectivity index (χ0) is 12.3. The molecule has 0 unspecified atom stereocenters. The van der Waals surface area contributed by atoms with Crippen LogP contribution < -0.4 is 5.32 Å². The van der Waals surface area contributed by atoms with Crippen LogP contribution in [0.2, 0.25) is 0 Å². The Hall–Kier alpha value is -1.06. The number of nitrogens with zero attached hydrogens (tertiary/aromatic N) is 1. The van der Waals surface area contributed by atoms with E-state index in [2.05, 4.69) is 5.32 Å². The van der Waals surface area contributed by atoms with E-state index in [1.165, 1.54) is 0 Å². The molecule has 16 heavy (non-hydrogen) atoms. The molecule has 1 saturated carbocycles. The Bertz CT molecular complexity index is 277. The summed E-state index contributed by atoms with van der Waals surface area (Å²) in [5.41, 5.74) is -0.197. The van der Waals surface area contributed by atoms with Gasteiger partial charge in [-0.05, 0) is 33.6 Å². The lowest BCUT2D eigenvalue weighted by atomic mass is 10.1. The van der Waals surface area contributed by atoms with Crippen LogP contribution in [0.3, 0.4) is 0 Å². The zero-order valence-electron chi connectivity index (χ0n) is 10.7. The normalized spacial score (nSPS) is 15.8. The second-order valence-corrected chi connectivity index (χ2v) is 5.49. The van der Waals surface area contributed by atoms with Crippen LogP contribution in [0.15, 0.2) is 0 Å². The minimum Gasteiger partial charge on any atom is -0.351 e. The molecule has 0 aromatic rings. The quantitative estimate of drug-likeness (QED) is 0.785. The van der Waals surface area contributed by atoms with Crippen LogP contribution >= 0.6 is 0 Å². The van der Waals surface area contributed by atoms with Gasteiger partial charge in [0.1, 0.15) is 0 Å². The molecule has 1 N–H and O–H groups in total. The van der Waals surface area contributed by atoms with Gasteiger partial charge in [0.2, 0.25) is 11.8 Å². The van der Waals surface area contributed by atoms with Gasteiger partial charge < -0.3 is 10.2 Å². The molecule has 1 rings (SSSR count). The highest BCUT2D eigenvalue weighted by atomic mass is 16.2. The van der Waals surface area contributed by atoms with E-state index in [-0.39, 0.29) is 17.4 Å². The predicted octanol–water partition coefficient (Wildman–Crippen LogP) is 1.30. The van der Waals surface area contributed by atoms with Crippen LogP contribution in [0.5, 0.6) is 0 Å². The van der Waals surface area contributed by atoms with E-state index in [0.29, 0.717) is 19.0 Å². The summed E-state index contributed by atoms with van der Waals surface area (Å²) in [5.74, 6) is 0.0884. The molecule has 1 aliphatic rings. The van der Waals surface area contributed by atoms with Crippen molar-refractivity contribution >= 4 is 11.8 Å². The Kier molecular flexibility index (Phi) is 3.94. The lowest BCUT2D eigenvalue weighted by molar-refractivity contribution is -0.130. The monoisotopic (exact) mass is 226 g/mol. The second kappa shape index (κ2) is 4.85. The van der Waals surface area contributed by atoms with E-state index in [1.807, 2.05) is 25.7 Å². The fraction of sp³-hybridized carbons (Fsp3) is 0.833. The Morgan fingerprint density at radius 1 is 1.31 bits per heavy atom. The molecule has 0 atom stereocenters. The van der Waals surface area contributed by atoms with Crippen molar-refractivity contribution in [1.82, 2.24) is 10.2 Å². The number of nitrogens with one attached hydrogen (secondary N) is 1. The summed E-state index contributed by atoms with van der Waals surface area (Å²) in [7, 11) is 0. The third-order valence-electron chi connectivity index (χ3n) is 2.49. The van der Waals surface area contributed by atoms with E-state index >= 15 is 0 Å². The van der Waals surface area contributed by atoms with Crippen LogP contribution in [0.25, 0.3) is 0 Å². The molecule has 0 spiro atoms. The Balaban J connectivity index is 2.32. The molecule has 4 heteroatoms. The lowest BCUT2D eigenvalue weighted by Gasteiger charge is -2.23. The van der Waals surface area contributed by atoms with E-state index in [1.54, 1.807) is 6.92 Å². The first kappa shape index (κ1) is 13.0. The first-order valence-corrected chi connectivity index (χ1v) is 5.88. The van der Waals surface area contributed by atoms with Gasteiger partial charge in [-0.15, -0.1) is 0 Å². The summed E-state index contributed by atoms with van der Waals surface area (Å²) in [5, 5.41) is 2.90. The van der Waals surface area contributed by atoms with Gasteiger partial charge in [0.15, 0.2) is 0 Å². The SMILES string of the molecule is CC(=O)N(CCC(=O)NC(C)(C)C)C1CC1. The summed E-state index contributed by atoms with van der Waals surface area (Å²) < 4.78 is 0. The zero-order valence-corrected chi connectivity index (χ0v) is 10.7. The second-order valence-electron chi connectivity index (χ2n) is 5.49. The average molecular weight is 226 g/mol. The summed E-state index contributed by atoms with van der Waals surface area (Å²) in [6.45, 7) is 7.97. The number of carbonyl (C=O) groups is 2. The number of hydrogen-bond acceptors (Lipinski definition) is 2. The third kappa shape index (κ3) is 4.64. The van der Waals surface area contributed by atoms with Gasteiger partial charge in [-0.1, -0.05) is 0 Å². The van der Waals surface area contributed by atoms with Crippen LogP contribution in [0.1, 0.15) is 47.0 Å². The van der Waals surface area contributed by atoms with Gasteiger partial charge in [0, 0.05) is 31.5 Å². The third-order valence-corrected chi connectivity index (χ3v) is 2.49. The van der Waals surface area contributed by atoms with Crippen molar-refractivity contribution in [2.75, 3.05) is 6.54 Å². The summed E-state index contributed by atoms with van der Waals surface area (Å²) in [6.07, 6.45) is 2.56. The molecule has 4 nitrogen and oxygen atoms in total. The van der Waals surface area contributed by atoms with Gasteiger partial charge in [0.25, 0.3) is 0 Å². The van der Waals surface area contributed by atoms with E-state index in [0.717, 1.165) is 12.8 Å². The maximum absolute atomic E-state index is 11.6. The summed E-state index contributed by atoms with van der Waals surface area (Å²) in [6, 6.07) is 0.389. The minimum absolute atomic E-state index is 0.0133. The Morgan fingerprint density at radius 2 is 1.88 bits per heavy atom. The van der Waals surface area contributed by atoms with Crippen LogP contribution in [-0.4, -0.2) is 34.8 Å². The summed E-state index contributed by atoms with van der Waals surface area (Å²) >= 11 is 0. The molecule has 92 valence electrons. The first-order valence-electron chi connectivity index (χ1n) is 5.88. The maximum Gasteiger partial charge on any atom is 0.222 e. The highest BCUT2D eigenvalue weighted by Crippen LogP contribution is 2.26. The van der Waals surface area contributed by atoms with E-state index < -0.39 is 0 Å². The minimum atomic E-state index is -0.197. The fourth-order valence-corrected chi connectivity index (χ4v) is 1.69. The molecule has 0 radical (unpaired) electrons. The van der Waals surface area contributed by atoms with Crippen molar-refractivity contribution in [3.05, 3.63) is 0 Å². The number of hydrogen-bond donors (Lipinski definition) is 1. The van der Waals surface area contributed by atoms with Gasteiger partial charge in [-0.25, -0.2) is 0 Å². The highest BCUT2D eigenvalue weighted by molar-refractivity contribution is 5.78. The Morgan fingerprint density at radius 3 is 2.25 bits per heavy atom. The predicted molar refractivity (Wildman–Crippen MR) is 62.9 cm³/mol. The van der Waals surface area contributed by atoms with Gasteiger partial charge >= 0.3 is 0 Å². The Labute approximate surface area is 97.4 Å². The molecular formula is C12H22N2O2.